The first-order valence-electron chi connectivity index (χ1n) is 6.42. The van der Waals surface area contributed by atoms with Gasteiger partial charge >= 0.3 is 5.97 Å². The Labute approximate surface area is 116 Å². The van der Waals surface area contributed by atoms with Crippen LogP contribution in [-0.2, 0) is 9.53 Å². The maximum atomic E-state index is 12.0. The third kappa shape index (κ3) is 3.09. The van der Waals surface area contributed by atoms with Crippen LogP contribution in [0.3, 0.4) is 0 Å². The number of aromatic amines is 1. The lowest BCUT2D eigenvalue weighted by molar-refractivity contribution is -0.142. The summed E-state index contributed by atoms with van der Waals surface area (Å²) >= 11 is 0. The average Bonchev–Trinajstić information content (AvgIpc) is 2.81. The van der Waals surface area contributed by atoms with E-state index < -0.39 is 0 Å². The van der Waals surface area contributed by atoms with E-state index in [1.54, 1.807) is 31.3 Å². The van der Waals surface area contributed by atoms with Crippen molar-refractivity contribution >= 4 is 28.5 Å². The van der Waals surface area contributed by atoms with Gasteiger partial charge in [-0.25, -0.2) is 0 Å². The van der Waals surface area contributed by atoms with Gasteiger partial charge in [-0.15, -0.1) is 0 Å². The number of anilines is 1. The third-order valence-corrected chi connectivity index (χ3v) is 2.87. The van der Waals surface area contributed by atoms with Gasteiger partial charge in [-0.05, 0) is 25.1 Å². The fourth-order valence-corrected chi connectivity index (χ4v) is 1.94. The number of ether oxygens (including phenoxy) is 1. The number of amides is 1. The van der Waals surface area contributed by atoms with Crippen LogP contribution < -0.4 is 11.1 Å². The summed E-state index contributed by atoms with van der Waals surface area (Å²) in [5, 5.41) is 3.49. The highest BCUT2D eigenvalue weighted by atomic mass is 16.5. The van der Waals surface area contributed by atoms with E-state index in [1.165, 1.54) is 0 Å². The zero-order valence-electron chi connectivity index (χ0n) is 11.2. The van der Waals surface area contributed by atoms with E-state index >= 15 is 0 Å². The van der Waals surface area contributed by atoms with E-state index in [-0.39, 0.29) is 24.8 Å². The summed E-state index contributed by atoms with van der Waals surface area (Å²) in [7, 11) is 0. The molecule has 1 aromatic heterocycles. The lowest BCUT2D eigenvalue weighted by atomic mass is 10.1. The van der Waals surface area contributed by atoms with Crippen molar-refractivity contribution in [2.24, 2.45) is 0 Å². The first-order chi connectivity index (χ1) is 9.61. The molecule has 0 unspecified atom stereocenters. The van der Waals surface area contributed by atoms with Crippen LogP contribution in [0.4, 0.5) is 5.69 Å². The molecule has 0 aliphatic heterocycles. The minimum Gasteiger partial charge on any atom is -0.466 e. The molecule has 6 heteroatoms. The molecule has 0 bridgehead atoms. The quantitative estimate of drug-likeness (QED) is 0.568. The number of H-pyrrole nitrogens is 1. The van der Waals surface area contributed by atoms with Crippen molar-refractivity contribution < 1.29 is 14.3 Å². The smallest absolute Gasteiger partial charge is 0.307 e. The van der Waals surface area contributed by atoms with Gasteiger partial charge in [0, 0.05) is 29.3 Å². The van der Waals surface area contributed by atoms with Crippen LogP contribution in [0.25, 0.3) is 10.9 Å². The molecule has 0 saturated carbocycles. The Morgan fingerprint density at radius 2 is 2.20 bits per heavy atom. The molecular weight excluding hydrogens is 258 g/mol. The molecule has 106 valence electrons. The summed E-state index contributed by atoms with van der Waals surface area (Å²) in [6.07, 6.45) is 1.79. The summed E-state index contributed by atoms with van der Waals surface area (Å²) in [4.78, 5) is 26.2. The molecule has 0 radical (unpaired) electrons. The van der Waals surface area contributed by atoms with Gasteiger partial charge in [0.2, 0.25) is 0 Å². The fourth-order valence-electron chi connectivity index (χ4n) is 1.94. The second kappa shape index (κ2) is 6.10. The summed E-state index contributed by atoms with van der Waals surface area (Å²) in [6.45, 7) is 2.34. The molecule has 4 N–H and O–H groups in total. The van der Waals surface area contributed by atoms with Crippen molar-refractivity contribution in [1.29, 1.82) is 0 Å². The van der Waals surface area contributed by atoms with Crippen LogP contribution in [0, 0.1) is 0 Å². The number of aromatic nitrogens is 1. The molecule has 1 amide bonds. The van der Waals surface area contributed by atoms with Crippen LogP contribution in [0.2, 0.25) is 0 Å². The van der Waals surface area contributed by atoms with Crippen LogP contribution in [-0.4, -0.2) is 30.0 Å². The van der Waals surface area contributed by atoms with E-state index in [1.807, 2.05) is 0 Å². The number of benzene rings is 1. The number of carbonyl (C=O) groups is 2. The zero-order valence-corrected chi connectivity index (χ0v) is 11.2. The zero-order chi connectivity index (χ0) is 14.5. The van der Waals surface area contributed by atoms with Gasteiger partial charge in [0.05, 0.1) is 18.6 Å². The van der Waals surface area contributed by atoms with Crippen LogP contribution in [0.1, 0.15) is 23.7 Å². The summed E-state index contributed by atoms with van der Waals surface area (Å²) in [5.41, 5.74) is 7.65. The Balaban J connectivity index is 1.99. The van der Waals surface area contributed by atoms with Crippen molar-refractivity contribution in [3.05, 3.63) is 30.0 Å². The Kier molecular flexibility index (Phi) is 4.24. The predicted molar refractivity (Wildman–Crippen MR) is 76.3 cm³/mol. The highest BCUT2D eigenvalue weighted by Crippen LogP contribution is 2.20. The van der Waals surface area contributed by atoms with Gasteiger partial charge in [0.15, 0.2) is 0 Å². The van der Waals surface area contributed by atoms with E-state index in [0.717, 1.165) is 10.9 Å². The van der Waals surface area contributed by atoms with Crippen molar-refractivity contribution in [1.82, 2.24) is 10.3 Å². The Bertz CT molecular complexity index is 634. The van der Waals surface area contributed by atoms with E-state index in [9.17, 15) is 9.59 Å². The van der Waals surface area contributed by atoms with E-state index in [2.05, 4.69) is 10.3 Å². The van der Waals surface area contributed by atoms with Crippen LogP contribution in [0.5, 0.6) is 0 Å². The van der Waals surface area contributed by atoms with Gasteiger partial charge in [-0.2, -0.15) is 0 Å². The predicted octanol–water partition coefficient (Wildman–Crippen LogP) is 1.43. The number of rotatable bonds is 5. The minimum absolute atomic E-state index is 0.162. The molecule has 0 saturated heterocycles. The number of fused-ring (bicyclic) bond motifs is 1. The van der Waals surface area contributed by atoms with Gasteiger partial charge in [-0.1, -0.05) is 0 Å². The van der Waals surface area contributed by atoms with Crippen molar-refractivity contribution in [2.75, 3.05) is 18.9 Å². The summed E-state index contributed by atoms with van der Waals surface area (Å²) in [5.74, 6) is -0.551. The first-order valence-corrected chi connectivity index (χ1v) is 6.42. The summed E-state index contributed by atoms with van der Waals surface area (Å²) in [6, 6.07) is 5.30. The van der Waals surface area contributed by atoms with Gasteiger partial charge in [0.25, 0.3) is 5.91 Å². The monoisotopic (exact) mass is 275 g/mol. The molecule has 0 aliphatic carbocycles. The van der Waals surface area contributed by atoms with E-state index in [0.29, 0.717) is 17.9 Å². The average molecular weight is 275 g/mol. The standard InChI is InChI=1S/C14H17N3O3/c1-2-20-13(18)5-6-16-14(19)11-8-17-12-7-9(15)3-4-10(11)12/h3-4,7-8,17H,2,5-6,15H2,1H3,(H,16,19). The van der Waals surface area contributed by atoms with Crippen molar-refractivity contribution in [3.63, 3.8) is 0 Å². The second-order valence-electron chi connectivity index (χ2n) is 4.32. The number of carbonyl (C=O) groups excluding carboxylic acids is 2. The molecule has 0 atom stereocenters. The second-order valence-corrected chi connectivity index (χ2v) is 4.32. The molecule has 1 aromatic carbocycles. The molecule has 20 heavy (non-hydrogen) atoms. The lowest BCUT2D eigenvalue weighted by Crippen LogP contribution is -2.26. The highest BCUT2D eigenvalue weighted by Gasteiger charge is 2.12. The number of nitrogens with two attached hydrogens (primary N) is 1. The lowest BCUT2D eigenvalue weighted by Gasteiger charge is -2.04. The maximum Gasteiger partial charge on any atom is 0.307 e. The number of hydrogen-bond donors (Lipinski definition) is 3. The SMILES string of the molecule is CCOC(=O)CCNC(=O)c1c[nH]c2cc(N)ccc12. The van der Waals surface area contributed by atoms with Gasteiger partial charge in [0.1, 0.15) is 0 Å². The molecule has 6 nitrogen and oxygen atoms in total. The Morgan fingerprint density at radius 1 is 1.40 bits per heavy atom. The molecule has 0 aliphatic rings. The maximum absolute atomic E-state index is 12.0. The third-order valence-electron chi connectivity index (χ3n) is 2.87. The number of esters is 1. The molecule has 1 heterocycles. The van der Waals surface area contributed by atoms with Crippen molar-refractivity contribution in [2.45, 2.75) is 13.3 Å². The summed E-state index contributed by atoms with van der Waals surface area (Å²) < 4.78 is 4.79. The van der Waals surface area contributed by atoms with Crippen molar-refractivity contribution in [3.8, 4) is 0 Å². The molecule has 2 rings (SSSR count). The largest absolute Gasteiger partial charge is 0.466 e. The fraction of sp³-hybridized carbons (Fsp3) is 0.286. The van der Waals surface area contributed by atoms with Crippen LogP contribution >= 0.6 is 0 Å². The topological polar surface area (TPSA) is 97.2 Å². The first kappa shape index (κ1) is 13.9. The number of nitrogen functional groups attached to an aromatic ring is 1. The number of nitrogens with one attached hydrogen (secondary N) is 2. The normalized spacial score (nSPS) is 10.4. The number of hydrogen-bond acceptors (Lipinski definition) is 4. The highest BCUT2D eigenvalue weighted by molar-refractivity contribution is 6.07. The molecular formula is C14H17N3O3. The molecule has 0 fully saturated rings. The molecule has 0 spiro atoms. The Morgan fingerprint density at radius 3 is 2.95 bits per heavy atom. The van der Waals surface area contributed by atoms with Gasteiger partial charge < -0.3 is 20.8 Å². The minimum atomic E-state index is -0.320. The molecule has 2 aromatic rings. The van der Waals surface area contributed by atoms with Gasteiger partial charge in [-0.3, -0.25) is 9.59 Å². The van der Waals surface area contributed by atoms with Crippen LogP contribution in [0.15, 0.2) is 24.4 Å². The van der Waals surface area contributed by atoms with E-state index in [4.69, 9.17) is 10.5 Å². The Hall–Kier alpha value is -2.50.